The van der Waals surface area contributed by atoms with Crippen LogP contribution in [0, 0.1) is 5.41 Å². The zero-order chi connectivity index (χ0) is 7.72. The van der Waals surface area contributed by atoms with Gasteiger partial charge >= 0.3 is 0 Å². The Balaban J connectivity index is 2.76. The van der Waals surface area contributed by atoms with Crippen molar-refractivity contribution < 1.29 is 9.59 Å². The number of amides is 2. The SMILES string of the molecule is N=C1NC(=O)C(N)C(=O)N1. The molecule has 0 unspecified atom stereocenters. The first kappa shape index (κ1) is 6.69. The second-order valence-electron chi connectivity index (χ2n) is 1.83. The molecule has 0 aromatic rings. The van der Waals surface area contributed by atoms with Crippen LogP contribution in [0.2, 0.25) is 0 Å². The monoisotopic (exact) mass is 142 g/mol. The van der Waals surface area contributed by atoms with Crippen LogP contribution < -0.4 is 16.4 Å². The zero-order valence-corrected chi connectivity index (χ0v) is 4.97. The average Bonchev–Trinajstić information content (AvgIpc) is 1.82. The predicted octanol–water partition coefficient (Wildman–Crippen LogP) is -2.51. The van der Waals surface area contributed by atoms with E-state index >= 15 is 0 Å². The van der Waals surface area contributed by atoms with Gasteiger partial charge < -0.3 is 5.73 Å². The largest absolute Gasteiger partial charge is 0.312 e. The van der Waals surface area contributed by atoms with Crippen molar-refractivity contribution in [3.05, 3.63) is 0 Å². The van der Waals surface area contributed by atoms with Crippen LogP contribution in [-0.2, 0) is 9.59 Å². The van der Waals surface area contributed by atoms with Gasteiger partial charge in [-0.25, -0.2) is 0 Å². The molecule has 0 atom stereocenters. The topological polar surface area (TPSA) is 108 Å². The van der Waals surface area contributed by atoms with E-state index in [0.29, 0.717) is 0 Å². The minimum Gasteiger partial charge on any atom is -0.312 e. The van der Waals surface area contributed by atoms with Crippen molar-refractivity contribution in [1.82, 2.24) is 10.6 Å². The lowest BCUT2D eigenvalue weighted by molar-refractivity contribution is -0.131. The van der Waals surface area contributed by atoms with Crippen molar-refractivity contribution in [2.45, 2.75) is 6.04 Å². The quantitative estimate of drug-likeness (QED) is 0.280. The standard InChI is InChI=1S/C4H6N4O2/c5-1-2(9)7-4(6)8-3(1)10/h1H,5H2,(H3,6,7,8,9,10). The molecule has 2 amide bonds. The molecule has 5 N–H and O–H groups in total. The second kappa shape index (κ2) is 2.07. The number of nitrogens with one attached hydrogen (secondary N) is 3. The average molecular weight is 142 g/mol. The molecular weight excluding hydrogens is 136 g/mol. The van der Waals surface area contributed by atoms with Gasteiger partial charge in [-0.3, -0.25) is 25.6 Å². The fourth-order valence-electron chi connectivity index (χ4n) is 0.552. The van der Waals surface area contributed by atoms with E-state index in [1.165, 1.54) is 0 Å². The molecular formula is C4H6N4O2. The van der Waals surface area contributed by atoms with E-state index in [1.54, 1.807) is 0 Å². The number of rotatable bonds is 0. The van der Waals surface area contributed by atoms with Gasteiger partial charge in [-0.05, 0) is 0 Å². The summed E-state index contributed by atoms with van der Waals surface area (Å²) < 4.78 is 0. The number of guanidine groups is 1. The Labute approximate surface area is 56.3 Å². The Morgan fingerprint density at radius 1 is 1.30 bits per heavy atom. The first-order chi connectivity index (χ1) is 4.61. The lowest BCUT2D eigenvalue weighted by Gasteiger charge is -2.18. The first-order valence-electron chi connectivity index (χ1n) is 2.57. The molecule has 54 valence electrons. The van der Waals surface area contributed by atoms with Gasteiger partial charge in [0.05, 0.1) is 0 Å². The molecule has 1 fully saturated rings. The number of nitrogens with two attached hydrogens (primary N) is 1. The van der Waals surface area contributed by atoms with Gasteiger partial charge in [0.25, 0.3) is 11.8 Å². The van der Waals surface area contributed by atoms with Crippen molar-refractivity contribution in [3.8, 4) is 0 Å². The van der Waals surface area contributed by atoms with Crippen molar-refractivity contribution in [1.29, 1.82) is 5.41 Å². The first-order valence-corrected chi connectivity index (χ1v) is 2.57. The number of hydrogen-bond acceptors (Lipinski definition) is 4. The molecule has 0 bridgehead atoms. The molecule has 1 rings (SSSR count). The minimum absolute atomic E-state index is 0.322. The molecule has 0 radical (unpaired) electrons. The van der Waals surface area contributed by atoms with E-state index in [2.05, 4.69) is 0 Å². The van der Waals surface area contributed by atoms with Crippen LogP contribution in [0.1, 0.15) is 0 Å². The molecule has 6 heteroatoms. The van der Waals surface area contributed by atoms with Crippen LogP contribution >= 0.6 is 0 Å². The Bertz CT molecular complexity index is 191. The molecule has 0 spiro atoms. The molecule has 1 saturated heterocycles. The number of carbonyl (C=O) groups excluding carboxylic acids is 2. The highest BCUT2D eigenvalue weighted by molar-refractivity contribution is 6.19. The molecule has 0 aromatic carbocycles. The van der Waals surface area contributed by atoms with E-state index in [9.17, 15) is 9.59 Å². The summed E-state index contributed by atoms with van der Waals surface area (Å²) in [5.74, 6) is -1.61. The fraction of sp³-hybridized carbons (Fsp3) is 0.250. The van der Waals surface area contributed by atoms with Crippen LogP contribution in [0.3, 0.4) is 0 Å². The van der Waals surface area contributed by atoms with Crippen molar-refractivity contribution in [2.75, 3.05) is 0 Å². The fourth-order valence-corrected chi connectivity index (χ4v) is 0.552. The third-order valence-electron chi connectivity index (χ3n) is 1.06. The molecule has 0 aliphatic carbocycles. The highest BCUT2D eigenvalue weighted by atomic mass is 16.2. The lowest BCUT2D eigenvalue weighted by atomic mass is 10.2. The van der Waals surface area contributed by atoms with Gasteiger partial charge in [-0.1, -0.05) is 0 Å². The molecule has 0 saturated carbocycles. The normalized spacial score (nSPS) is 25.7. The van der Waals surface area contributed by atoms with Gasteiger partial charge in [0.2, 0.25) is 5.96 Å². The molecule has 0 aromatic heterocycles. The van der Waals surface area contributed by atoms with Crippen LogP contribution in [0.15, 0.2) is 0 Å². The van der Waals surface area contributed by atoms with E-state index in [-0.39, 0.29) is 5.96 Å². The van der Waals surface area contributed by atoms with E-state index in [4.69, 9.17) is 11.1 Å². The summed E-state index contributed by atoms with van der Waals surface area (Å²) in [6.45, 7) is 0. The van der Waals surface area contributed by atoms with E-state index in [1.807, 2.05) is 10.6 Å². The summed E-state index contributed by atoms with van der Waals surface area (Å²) in [5.41, 5.74) is 5.06. The molecule has 6 nitrogen and oxygen atoms in total. The highest BCUT2D eigenvalue weighted by Crippen LogP contribution is 1.84. The third kappa shape index (κ3) is 0.960. The summed E-state index contributed by atoms with van der Waals surface area (Å²) in [5, 5.41) is 10.9. The Morgan fingerprint density at radius 3 is 2.10 bits per heavy atom. The summed E-state index contributed by atoms with van der Waals surface area (Å²) in [7, 11) is 0. The smallest absolute Gasteiger partial charge is 0.253 e. The number of carbonyl (C=O) groups is 2. The molecule has 1 heterocycles. The van der Waals surface area contributed by atoms with Crippen LogP contribution in [-0.4, -0.2) is 23.8 Å². The van der Waals surface area contributed by atoms with Gasteiger partial charge in [0, 0.05) is 0 Å². The van der Waals surface area contributed by atoms with Gasteiger partial charge in [-0.15, -0.1) is 0 Å². The van der Waals surface area contributed by atoms with Gasteiger partial charge in [-0.2, -0.15) is 0 Å². The van der Waals surface area contributed by atoms with Crippen LogP contribution in [0.25, 0.3) is 0 Å². The van der Waals surface area contributed by atoms with Crippen molar-refractivity contribution in [2.24, 2.45) is 5.73 Å². The summed E-state index contributed by atoms with van der Waals surface area (Å²) >= 11 is 0. The predicted molar refractivity (Wildman–Crippen MR) is 32.0 cm³/mol. The number of hydrogen-bond donors (Lipinski definition) is 4. The second-order valence-corrected chi connectivity index (χ2v) is 1.83. The maximum absolute atomic E-state index is 10.6. The van der Waals surface area contributed by atoms with E-state index < -0.39 is 17.9 Å². The molecule has 1 aliphatic heterocycles. The van der Waals surface area contributed by atoms with Crippen molar-refractivity contribution in [3.63, 3.8) is 0 Å². The van der Waals surface area contributed by atoms with Gasteiger partial charge in [0.15, 0.2) is 6.04 Å². The third-order valence-corrected chi connectivity index (χ3v) is 1.06. The zero-order valence-electron chi connectivity index (χ0n) is 4.97. The van der Waals surface area contributed by atoms with Gasteiger partial charge in [0.1, 0.15) is 0 Å². The lowest BCUT2D eigenvalue weighted by Crippen LogP contribution is -2.62. The van der Waals surface area contributed by atoms with Crippen molar-refractivity contribution >= 4 is 17.8 Å². The maximum Gasteiger partial charge on any atom is 0.253 e. The van der Waals surface area contributed by atoms with Crippen LogP contribution in [0.4, 0.5) is 0 Å². The molecule has 1 aliphatic rings. The van der Waals surface area contributed by atoms with Crippen LogP contribution in [0.5, 0.6) is 0 Å². The Hall–Kier alpha value is -1.43. The minimum atomic E-state index is -1.19. The summed E-state index contributed by atoms with van der Waals surface area (Å²) in [6.07, 6.45) is 0. The summed E-state index contributed by atoms with van der Waals surface area (Å²) in [4.78, 5) is 21.2. The Kier molecular flexibility index (Phi) is 1.38. The highest BCUT2D eigenvalue weighted by Gasteiger charge is 2.28. The Morgan fingerprint density at radius 2 is 1.70 bits per heavy atom. The maximum atomic E-state index is 10.6. The van der Waals surface area contributed by atoms with E-state index in [0.717, 1.165) is 0 Å². The molecule has 10 heavy (non-hydrogen) atoms. The summed E-state index contributed by atoms with van der Waals surface area (Å²) in [6, 6.07) is -1.19.